The molecule has 0 amide bonds. The predicted octanol–water partition coefficient (Wildman–Crippen LogP) is 7.01. The number of rotatable bonds is 19. The third kappa shape index (κ3) is 12.5. The van der Waals surface area contributed by atoms with E-state index in [-0.39, 0.29) is 25.4 Å². The van der Waals surface area contributed by atoms with Gasteiger partial charge in [-0.15, -0.1) is 0 Å². The van der Waals surface area contributed by atoms with Crippen LogP contribution in [0.15, 0.2) is 23.8 Å². The maximum absolute atomic E-state index is 12.9. The van der Waals surface area contributed by atoms with Gasteiger partial charge in [-0.3, -0.25) is 0 Å². The molecule has 0 aromatic rings. The monoisotopic (exact) mass is 602 g/mol. The van der Waals surface area contributed by atoms with E-state index in [0.29, 0.717) is 0 Å². The summed E-state index contributed by atoms with van der Waals surface area (Å²) in [5.74, 6) is -1.60. The number of ether oxygens (including phenoxy) is 3. The van der Waals surface area contributed by atoms with Gasteiger partial charge in [-0.2, -0.15) is 0 Å². The summed E-state index contributed by atoms with van der Waals surface area (Å²) < 4.78 is 20.4. The van der Waals surface area contributed by atoms with Crippen LogP contribution in [-0.2, 0) is 28.6 Å². The standard InChI is InChI=1S/C16H23O6.3C4H9.Sn/c1-12(2)8-10-16(14(18)20-4,15(19)21-5)9-6-7-11-22-13(3)17;3*1-3-4-2;/h6-8H,1,9-11H2,2-5H3;3*1,3-4H2,2H3;/b7-6-,12-8-;;;;. The molecule has 0 bridgehead atoms. The fraction of sp³-hybridized carbons (Fsp3) is 0.750. The van der Waals surface area contributed by atoms with Crippen molar-refractivity contribution in [3.8, 4) is 0 Å². The molecular weight excluding hydrogens is 551 g/mol. The van der Waals surface area contributed by atoms with Crippen LogP contribution >= 0.6 is 0 Å². The molecule has 0 spiro atoms. The number of hydrogen-bond donors (Lipinski definition) is 0. The molecule has 202 valence electrons. The second-order valence-corrected chi connectivity index (χ2v) is 23.6. The van der Waals surface area contributed by atoms with Gasteiger partial charge < -0.3 is 0 Å². The van der Waals surface area contributed by atoms with Crippen molar-refractivity contribution >= 4 is 36.3 Å². The third-order valence-corrected chi connectivity index (χ3v) is 22.6. The van der Waals surface area contributed by atoms with Crippen LogP contribution in [0.3, 0.4) is 0 Å². The number of hydrogen-bond acceptors (Lipinski definition) is 6. The maximum atomic E-state index is 12.9. The summed E-state index contributed by atoms with van der Waals surface area (Å²) in [5, 5.41) is 0. The normalized spacial score (nSPS) is 12.6. The van der Waals surface area contributed by atoms with Gasteiger partial charge in [-0.25, -0.2) is 0 Å². The van der Waals surface area contributed by atoms with Gasteiger partial charge in [0, 0.05) is 0 Å². The average molecular weight is 601 g/mol. The average Bonchev–Trinajstić information content (AvgIpc) is 2.85. The van der Waals surface area contributed by atoms with Crippen molar-refractivity contribution < 1.29 is 28.6 Å². The molecule has 0 aromatic carbocycles. The summed E-state index contributed by atoms with van der Waals surface area (Å²) in [4.78, 5) is 36.7. The molecule has 0 saturated heterocycles. The molecule has 0 rings (SSSR count). The number of allylic oxidation sites excluding steroid dienone is 3. The van der Waals surface area contributed by atoms with E-state index in [1.54, 1.807) is 12.2 Å². The molecule has 7 heteroatoms. The van der Waals surface area contributed by atoms with Crippen molar-refractivity contribution in [3.05, 3.63) is 23.8 Å². The van der Waals surface area contributed by atoms with Gasteiger partial charge in [0.1, 0.15) is 0 Å². The Kier molecular flexibility index (Phi) is 18.2. The second-order valence-electron chi connectivity index (χ2n) is 9.79. The molecule has 0 aliphatic heterocycles. The zero-order valence-corrected chi connectivity index (χ0v) is 26.2. The Bertz CT molecular complexity index is 660. The Labute approximate surface area is 218 Å². The van der Waals surface area contributed by atoms with Crippen LogP contribution < -0.4 is 0 Å². The Morgan fingerprint density at radius 2 is 1.26 bits per heavy atom. The van der Waals surface area contributed by atoms with Crippen LogP contribution in [0.1, 0.15) is 86.0 Å². The van der Waals surface area contributed by atoms with Gasteiger partial charge >= 0.3 is 219 Å². The summed E-state index contributed by atoms with van der Waals surface area (Å²) in [7, 11) is 2.59. The SMILES string of the molecule is CCC[CH2][Sn]([CH2]CCC)([CH2]CCC)[CH2]/C(C)=C/CC(C/C=C\COC(C)=O)(C(=O)OC)C(=O)OC. The van der Waals surface area contributed by atoms with E-state index in [2.05, 4.69) is 33.8 Å². The van der Waals surface area contributed by atoms with Crippen LogP contribution in [0.2, 0.25) is 17.7 Å². The van der Waals surface area contributed by atoms with E-state index in [0.717, 1.165) is 0 Å². The number of unbranched alkanes of at least 4 members (excludes halogenated alkanes) is 3. The molecule has 0 aromatic heterocycles. The van der Waals surface area contributed by atoms with Crippen molar-refractivity contribution in [2.75, 3.05) is 20.8 Å². The zero-order valence-electron chi connectivity index (χ0n) is 23.4. The summed E-state index contributed by atoms with van der Waals surface area (Å²) in [5.41, 5.74) is -0.170. The van der Waals surface area contributed by atoms with E-state index < -0.39 is 35.7 Å². The van der Waals surface area contributed by atoms with Gasteiger partial charge in [-0.1, -0.05) is 0 Å². The Hall–Kier alpha value is -1.31. The molecule has 0 fully saturated rings. The molecule has 0 N–H and O–H groups in total. The minimum atomic E-state index is -2.40. The van der Waals surface area contributed by atoms with Gasteiger partial charge in [0.25, 0.3) is 0 Å². The number of carbonyl (C=O) groups is 3. The van der Waals surface area contributed by atoms with Crippen LogP contribution in [0.5, 0.6) is 0 Å². The third-order valence-electron chi connectivity index (χ3n) is 6.80. The minimum absolute atomic E-state index is 0.0892. The summed E-state index contributed by atoms with van der Waals surface area (Å²) >= 11 is -2.40. The van der Waals surface area contributed by atoms with Crippen molar-refractivity contribution in [2.45, 2.75) is 104 Å². The van der Waals surface area contributed by atoms with E-state index in [9.17, 15) is 14.4 Å². The molecule has 0 heterocycles. The molecule has 6 nitrogen and oxygen atoms in total. The first kappa shape index (κ1) is 33.7. The van der Waals surface area contributed by atoms with Crippen molar-refractivity contribution in [3.63, 3.8) is 0 Å². The molecule has 0 radical (unpaired) electrons. The van der Waals surface area contributed by atoms with Crippen molar-refractivity contribution in [2.24, 2.45) is 5.41 Å². The molecule has 0 saturated carbocycles. The first-order chi connectivity index (χ1) is 16.7. The van der Waals surface area contributed by atoms with E-state index in [1.807, 2.05) is 0 Å². The number of methoxy groups -OCH3 is 2. The first-order valence-corrected chi connectivity index (χ1v) is 21.3. The van der Waals surface area contributed by atoms with Gasteiger partial charge in [0.2, 0.25) is 0 Å². The first-order valence-electron chi connectivity index (χ1n) is 13.3. The van der Waals surface area contributed by atoms with E-state index >= 15 is 0 Å². The molecule has 0 aliphatic carbocycles. The van der Waals surface area contributed by atoms with Crippen molar-refractivity contribution in [1.82, 2.24) is 0 Å². The van der Waals surface area contributed by atoms with Crippen LogP contribution in [0.4, 0.5) is 0 Å². The van der Waals surface area contributed by atoms with Crippen molar-refractivity contribution in [1.29, 1.82) is 0 Å². The van der Waals surface area contributed by atoms with Gasteiger partial charge in [-0.05, 0) is 0 Å². The van der Waals surface area contributed by atoms with Crippen LogP contribution in [-0.4, -0.2) is 57.1 Å². The topological polar surface area (TPSA) is 78.9 Å². The molecule has 0 unspecified atom stereocenters. The fourth-order valence-electron chi connectivity index (χ4n) is 4.72. The summed E-state index contributed by atoms with van der Waals surface area (Å²) in [6.07, 6.45) is 13.3. The number of carbonyl (C=O) groups excluding carboxylic acids is 3. The molecule has 0 atom stereocenters. The van der Waals surface area contributed by atoms with Crippen LogP contribution in [0, 0.1) is 5.41 Å². The fourth-order valence-corrected chi connectivity index (χ4v) is 21.6. The van der Waals surface area contributed by atoms with Gasteiger partial charge in [0.05, 0.1) is 0 Å². The molecule has 35 heavy (non-hydrogen) atoms. The zero-order chi connectivity index (χ0) is 26.7. The number of esters is 3. The summed E-state index contributed by atoms with van der Waals surface area (Å²) in [6.45, 7) is 10.4. The predicted molar refractivity (Wildman–Crippen MR) is 145 cm³/mol. The molecule has 0 aliphatic rings. The van der Waals surface area contributed by atoms with Crippen LogP contribution in [0.25, 0.3) is 0 Å². The second kappa shape index (κ2) is 18.9. The Balaban J connectivity index is 5.93. The van der Waals surface area contributed by atoms with E-state index in [1.165, 1.54) is 83.0 Å². The molecular formula is C28H50O6Sn. The Morgan fingerprint density at radius 1 is 0.771 bits per heavy atom. The quantitative estimate of drug-likeness (QED) is 0.0521. The summed E-state index contributed by atoms with van der Waals surface area (Å²) in [6, 6.07) is 0. The van der Waals surface area contributed by atoms with E-state index in [4.69, 9.17) is 14.2 Å². The van der Waals surface area contributed by atoms with Gasteiger partial charge in [0.15, 0.2) is 0 Å². The Morgan fingerprint density at radius 3 is 1.66 bits per heavy atom.